The maximum Gasteiger partial charge on any atom is 0.256 e. The van der Waals surface area contributed by atoms with Crippen LogP contribution in [0.25, 0.3) is 0 Å². The molecule has 1 aliphatic rings. The van der Waals surface area contributed by atoms with E-state index in [4.69, 9.17) is 11.6 Å². The molecule has 1 N–H and O–H groups in total. The number of aliphatic hydroxyl groups excluding tert-OH is 1. The number of amides is 1. The Balaban J connectivity index is 2.08. The van der Waals surface area contributed by atoms with Crippen LogP contribution >= 0.6 is 11.6 Å². The molecule has 0 unspecified atom stereocenters. The summed E-state index contributed by atoms with van der Waals surface area (Å²) in [6.45, 7) is 0.416. The van der Waals surface area contributed by atoms with Gasteiger partial charge in [-0.3, -0.25) is 4.79 Å². The van der Waals surface area contributed by atoms with Crippen molar-refractivity contribution < 1.29 is 18.7 Å². The second-order valence-electron chi connectivity index (χ2n) is 4.92. The van der Waals surface area contributed by atoms with E-state index in [0.29, 0.717) is 19.4 Å². The predicted octanol–water partition coefficient (Wildman–Crippen LogP) is 2.46. The highest BCUT2D eigenvalue weighted by atomic mass is 35.5. The minimum atomic E-state index is -0.836. The number of benzene rings is 1. The van der Waals surface area contributed by atoms with Crippen molar-refractivity contribution in [1.29, 1.82) is 0 Å². The highest BCUT2D eigenvalue weighted by Gasteiger charge is 2.30. The van der Waals surface area contributed by atoms with Crippen LogP contribution in [-0.2, 0) is 0 Å². The van der Waals surface area contributed by atoms with Crippen LogP contribution in [0.15, 0.2) is 12.1 Å². The molecule has 1 aromatic carbocycles. The van der Waals surface area contributed by atoms with E-state index in [0.717, 1.165) is 12.1 Å². The zero-order valence-electron chi connectivity index (χ0n) is 10.4. The molecule has 0 spiro atoms. The molecule has 19 heavy (non-hydrogen) atoms. The minimum absolute atomic E-state index is 0.212. The van der Waals surface area contributed by atoms with Crippen LogP contribution in [0.2, 0.25) is 5.02 Å². The number of carbonyl (C=O) groups excluding carboxylic acids is 1. The van der Waals surface area contributed by atoms with Crippen LogP contribution in [-0.4, -0.2) is 35.6 Å². The summed E-state index contributed by atoms with van der Waals surface area (Å²) >= 11 is 5.43. The van der Waals surface area contributed by atoms with Gasteiger partial charge in [-0.1, -0.05) is 11.6 Å². The Kier molecular flexibility index (Phi) is 4.06. The van der Waals surface area contributed by atoms with Gasteiger partial charge >= 0.3 is 0 Å². The molecule has 1 aromatic rings. The summed E-state index contributed by atoms with van der Waals surface area (Å²) in [6.07, 6.45) is 0.961. The Bertz CT molecular complexity index is 504. The number of rotatable bonds is 3. The van der Waals surface area contributed by atoms with E-state index in [-0.39, 0.29) is 22.6 Å². The lowest BCUT2D eigenvalue weighted by molar-refractivity contribution is 0.0264. The van der Waals surface area contributed by atoms with E-state index in [9.17, 15) is 18.7 Å². The Morgan fingerprint density at radius 1 is 1.42 bits per heavy atom. The van der Waals surface area contributed by atoms with Crippen LogP contribution in [0.4, 0.5) is 8.78 Å². The van der Waals surface area contributed by atoms with E-state index in [1.54, 1.807) is 0 Å². The number of nitrogens with zero attached hydrogens (tertiary/aromatic N) is 1. The fraction of sp³-hybridized carbons (Fsp3) is 0.462. The van der Waals surface area contributed by atoms with Gasteiger partial charge in [0.15, 0.2) is 0 Å². The molecular formula is C13H14ClF2NO2. The summed E-state index contributed by atoms with van der Waals surface area (Å²) in [6, 6.07) is 1.61. The molecule has 1 saturated carbocycles. The van der Waals surface area contributed by atoms with E-state index in [1.807, 2.05) is 0 Å². The molecule has 0 aromatic heterocycles. The molecule has 1 amide bonds. The van der Waals surface area contributed by atoms with Gasteiger partial charge in [0.2, 0.25) is 0 Å². The maximum atomic E-state index is 13.6. The van der Waals surface area contributed by atoms with Crippen molar-refractivity contribution in [2.24, 2.45) is 5.92 Å². The van der Waals surface area contributed by atoms with E-state index < -0.39 is 17.5 Å². The van der Waals surface area contributed by atoms with E-state index in [2.05, 4.69) is 0 Å². The van der Waals surface area contributed by atoms with Crippen molar-refractivity contribution in [2.45, 2.75) is 18.9 Å². The van der Waals surface area contributed by atoms with E-state index >= 15 is 0 Å². The average molecular weight is 290 g/mol. The molecule has 6 heteroatoms. The molecule has 0 heterocycles. The third-order valence-corrected chi connectivity index (χ3v) is 3.62. The number of aliphatic hydroxyl groups is 1. The molecule has 0 bridgehead atoms. The molecule has 0 aliphatic heterocycles. The largest absolute Gasteiger partial charge is 0.393 e. The molecule has 0 saturated heterocycles. The fourth-order valence-corrected chi connectivity index (χ4v) is 2.36. The third-order valence-electron chi connectivity index (χ3n) is 3.33. The first-order valence-electron chi connectivity index (χ1n) is 5.96. The van der Waals surface area contributed by atoms with Gasteiger partial charge < -0.3 is 10.0 Å². The molecule has 3 nitrogen and oxygen atoms in total. The molecule has 1 fully saturated rings. The Morgan fingerprint density at radius 2 is 2.05 bits per heavy atom. The third kappa shape index (κ3) is 3.04. The lowest BCUT2D eigenvalue weighted by Crippen LogP contribution is -2.39. The first kappa shape index (κ1) is 14.2. The van der Waals surface area contributed by atoms with Crippen LogP contribution < -0.4 is 0 Å². The van der Waals surface area contributed by atoms with Crippen LogP contribution in [0, 0.1) is 17.6 Å². The minimum Gasteiger partial charge on any atom is -0.393 e. The lowest BCUT2D eigenvalue weighted by Gasteiger charge is -2.34. The first-order chi connectivity index (χ1) is 8.88. The fourth-order valence-electron chi connectivity index (χ4n) is 2.21. The Hall–Kier alpha value is -1.20. The monoisotopic (exact) mass is 289 g/mol. The van der Waals surface area contributed by atoms with Gasteiger partial charge in [0.1, 0.15) is 11.6 Å². The second-order valence-corrected chi connectivity index (χ2v) is 5.33. The summed E-state index contributed by atoms with van der Waals surface area (Å²) in [4.78, 5) is 13.3. The summed E-state index contributed by atoms with van der Waals surface area (Å²) in [5, 5.41) is 8.82. The summed E-state index contributed by atoms with van der Waals surface area (Å²) in [5.41, 5.74) is -0.329. The zero-order valence-corrected chi connectivity index (χ0v) is 11.1. The number of halogens is 3. The van der Waals surface area contributed by atoms with Crippen molar-refractivity contribution in [2.75, 3.05) is 13.6 Å². The maximum absolute atomic E-state index is 13.6. The van der Waals surface area contributed by atoms with Gasteiger partial charge in [0.25, 0.3) is 5.91 Å². The molecule has 2 rings (SSSR count). The van der Waals surface area contributed by atoms with Crippen molar-refractivity contribution in [1.82, 2.24) is 4.90 Å². The smallest absolute Gasteiger partial charge is 0.256 e. The Morgan fingerprint density at radius 3 is 2.63 bits per heavy atom. The van der Waals surface area contributed by atoms with Crippen molar-refractivity contribution in [3.8, 4) is 0 Å². The van der Waals surface area contributed by atoms with Gasteiger partial charge in [0.05, 0.1) is 16.7 Å². The quantitative estimate of drug-likeness (QED) is 0.869. The topological polar surface area (TPSA) is 40.5 Å². The van der Waals surface area contributed by atoms with Crippen LogP contribution in [0.5, 0.6) is 0 Å². The molecule has 104 valence electrons. The van der Waals surface area contributed by atoms with Crippen LogP contribution in [0.3, 0.4) is 0 Å². The molecular weight excluding hydrogens is 276 g/mol. The highest BCUT2D eigenvalue weighted by molar-refractivity contribution is 6.30. The van der Waals surface area contributed by atoms with Crippen LogP contribution in [0.1, 0.15) is 23.2 Å². The number of hydrogen-bond donors (Lipinski definition) is 1. The summed E-state index contributed by atoms with van der Waals surface area (Å²) in [5.74, 6) is -2.03. The molecule has 0 radical (unpaired) electrons. The average Bonchev–Trinajstić information content (AvgIpc) is 2.31. The van der Waals surface area contributed by atoms with Gasteiger partial charge in [-0.15, -0.1) is 0 Å². The predicted molar refractivity (Wildman–Crippen MR) is 67.1 cm³/mol. The molecule has 1 aliphatic carbocycles. The van der Waals surface area contributed by atoms with Gasteiger partial charge in [-0.05, 0) is 30.9 Å². The summed E-state index contributed by atoms with van der Waals surface area (Å²) in [7, 11) is 1.53. The SMILES string of the molecule is CN(CC1CC(O)C1)C(=O)c1cc(F)c(Cl)cc1F. The Labute approximate surface area is 114 Å². The highest BCUT2D eigenvalue weighted by Crippen LogP contribution is 2.28. The first-order valence-corrected chi connectivity index (χ1v) is 6.34. The van der Waals surface area contributed by atoms with E-state index in [1.165, 1.54) is 11.9 Å². The van der Waals surface area contributed by atoms with Gasteiger partial charge in [-0.25, -0.2) is 8.78 Å². The van der Waals surface area contributed by atoms with Gasteiger partial charge in [0, 0.05) is 13.6 Å². The van der Waals surface area contributed by atoms with Crippen molar-refractivity contribution in [3.63, 3.8) is 0 Å². The van der Waals surface area contributed by atoms with Crippen molar-refractivity contribution in [3.05, 3.63) is 34.4 Å². The van der Waals surface area contributed by atoms with Gasteiger partial charge in [-0.2, -0.15) is 0 Å². The number of carbonyl (C=O) groups is 1. The zero-order chi connectivity index (χ0) is 14.2. The second kappa shape index (κ2) is 5.43. The number of hydrogen-bond acceptors (Lipinski definition) is 2. The molecule has 0 atom stereocenters. The lowest BCUT2D eigenvalue weighted by atomic mass is 9.82. The summed E-state index contributed by atoms with van der Waals surface area (Å²) < 4.78 is 26.9. The standard InChI is InChI=1S/C13H14ClF2NO2/c1-17(6-7-2-8(18)3-7)13(19)9-4-12(16)10(14)5-11(9)15/h4-5,7-8,18H,2-3,6H2,1H3. The van der Waals surface area contributed by atoms with Crippen molar-refractivity contribution >= 4 is 17.5 Å². The normalized spacial score (nSPS) is 21.9.